The number of rotatable bonds is 6. The van der Waals surface area contributed by atoms with Crippen LogP contribution in [0.5, 0.6) is 0 Å². The zero-order chi connectivity index (χ0) is 15.9. The van der Waals surface area contributed by atoms with Crippen LogP contribution < -0.4 is 11.1 Å². The summed E-state index contributed by atoms with van der Waals surface area (Å²) in [4.78, 5) is 12.2. The predicted molar refractivity (Wildman–Crippen MR) is 90.3 cm³/mol. The highest BCUT2D eigenvalue weighted by Gasteiger charge is 2.16. The van der Waals surface area contributed by atoms with Crippen molar-refractivity contribution in [1.82, 2.24) is 5.32 Å². The van der Waals surface area contributed by atoms with Gasteiger partial charge >= 0.3 is 0 Å². The van der Waals surface area contributed by atoms with Crippen LogP contribution in [0.25, 0.3) is 0 Å². The van der Waals surface area contributed by atoms with Gasteiger partial charge in [-0.15, -0.1) is 0 Å². The SMILES string of the molecule is CCC(NC(=O)CC(N)c1ccccc1)c1ccc(C)cc1. The van der Waals surface area contributed by atoms with Gasteiger partial charge in [0.05, 0.1) is 6.04 Å². The fourth-order valence-electron chi connectivity index (χ4n) is 2.49. The molecule has 2 unspecified atom stereocenters. The van der Waals surface area contributed by atoms with Crippen molar-refractivity contribution in [3.8, 4) is 0 Å². The summed E-state index contributed by atoms with van der Waals surface area (Å²) in [6.07, 6.45) is 1.15. The molecule has 0 radical (unpaired) electrons. The van der Waals surface area contributed by atoms with Gasteiger partial charge in [-0.2, -0.15) is 0 Å². The third-order valence-electron chi connectivity index (χ3n) is 3.86. The highest BCUT2D eigenvalue weighted by molar-refractivity contribution is 5.77. The molecule has 2 aromatic rings. The van der Waals surface area contributed by atoms with E-state index in [1.807, 2.05) is 30.3 Å². The minimum Gasteiger partial charge on any atom is -0.349 e. The Balaban J connectivity index is 1.96. The number of nitrogens with two attached hydrogens (primary N) is 1. The van der Waals surface area contributed by atoms with E-state index in [1.54, 1.807) is 0 Å². The smallest absolute Gasteiger partial charge is 0.222 e. The summed E-state index contributed by atoms with van der Waals surface area (Å²) in [5, 5.41) is 3.08. The fraction of sp³-hybridized carbons (Fsp3) is 0.316. The quantitative estimate of drug-likeness (QED) is 0.855. The van der Waals surface area contributed by atoms with E-state index in [-0.39, 0.29) is 18.0 Å². The van der Waals surface area contributed by atoms with E-state index < -0.39 is 0 Å². The molecular weight excluding hydrogens is 272 g/mol. The third-order valence-corrected chi connectivity index (χ3v) is 3.86. The summed E-state index contributed by atoms with van der Waals surface area (Å²) in [6.45, 7) is 4.13. The van der Waals surface area contributed by atoms with Crippen LogP contribution in [0.2, 0.25) is 0 Å². The van der Waals surface area contributed by atoms with Crippen LogP contribution in [0, 0.1) is 6.92 Å². The number of carbonyl (C=O) groups is 1. The lowest BCUT2D eigenvalue weighted by molar-refractivity contribution is -0.122. The highest BCUT2D eigenvalue weighted by atomic mass is 16.1. The molecule has 0 saturated carbocycles. The molecule has 0 aliphatic heterocycles. The van der Waals surface area contributed by atoms with Gasteiger partial charge in [0.15, 0.2) is 0 Å². The Morgan fingerprint density at radius 1 is 1.05 bits per heavy atom. The number of nitrogens with one attached hydrogen (secondary N) is 1. The number of hydrogen-bond acceptors (Lipinski definition) is 2. The molecule has 0 aromatic heterocycles. The van der Waals surface area contributed by atoms with Crippen LogP contribution >= 0.6 is 0 Å². The Hall–Kier alpha value is -2.13. The third kappa shape index (κ3) is 4.43. The van der Waals surface area contributed by atoms with Crippen molar-refractivity contribution in [2.24, 2.45) is 5.73 Å². The molecule has 0 saturated heterocycles. The van der Waals surface area contributed by atoms with Crippen molar-refractivity contribution in [3.05, 3.63) is 71.3 Å². The molecule has 0 aliphatic rings. The van der Waals surface area contributed by atoms with E-state index in [0.717, 1.165) is 17.5 Å². The molecule has 0 bridgehead atoms. The monoisotopic (exact) mass is 296 g/mol. The van der Waals surface area contributed by atoms with Gasteiger partial charge in [0.25, 0.3) is 0 Å². The topological polar surface area (TPSA) is 55.1 Å². The zero-order valence-corrected chi connectivity index (χ0v) is 13.3. The Labute approximate surface area is 132 Å². The first-order chi connectivity index (χ1) is 10.6. The maximum atomic E-state index is 12.2. The molecule has 0 fully saturated rings. The Kier molecular flexibility index (Phi) is 5.73. The van der Waals surface area contributed by atoms with E-state index in [9.17, 15) is 4.79 Å². The summed E-state index contributed by atoms with van der Waals surface area (Å²) < 4.78 is 0. The van der Waals surface area contributed by atoms with Crippen LogP contribution in [0.15, 0.2) is 54.6 Å². The van der Waals surface area contributed by atoms with Crippen molar-refractivity contribution in [3.63, 3.8) is 0 Å². The molecule has 2 rings (SSSR count). The molecular formula is C19H24N2O. The van der Waals surface area contributed by atoms with Crippen molar-refractivity contribution >= 4 is 5.91 Å². The Morgan fingerprint density at radius 3 is 2.27 bits per heavy atom. The molecule has 0 spiro atoms. The number of hydrogen-bond donors (Lipinski definition) is 2. The van der Waals surface area contributed by atoms with Crippen molar-refractivity contribution in [2.45, 2.75) is 38.8 Å². The van der Waals surface area contributed by atoms with E-state index in [1.165, 1.54) is 5.56 Å². The van der Waals surface area contributed by atoms with Crippen LogP contribution in [-0.4, -0.2) is 5.91 Å². The summed E-state index contributed by atoms with van der Waals surface area (Å²) in [5.74, 6) is -0.0104. The maximum Gasteiger partial charge on any atom is 0.222 e. The van der Waals surface area contributed by atoms with E-state index in [0.29, 0.717) is 6.42 Å². The first-order valence-electron chi connectivity index (χ1n) is 7.76. The first kappa shape index (κ1) is 16.2. The minimum absolute atomic E-state index is 0.0104. The van der Waals surface area contributed by atoms with Crippen molar-refractivity contribution < 1.29 is 4.79 Å². The average Bonchev–Trinajstić information content (AvgIpc) is 2.54. The normalized spacial score (nSPS) is 13.4. The molecule has 3 nitrogen and oxygen atoms in total. The molecule has 3 N–H and O–H groups in total. The molecule has 0 heterocycles. The Morgan fingerprint density at radius 2 is 1.68 bits per heavy atom. The molecule has 0 aliphatic carbocycles. The van der Waals surface area contributed by atoms with Gasteiger partial charge in [0, 0.05) is 12.5 Å². The number of aryl methyl sites for hydroxylation is 1. The molecule has 116 valence electrons. The van der Waals surface area contributed by atoms with Gasteiger partial charge in [-0.3, -0.25) is 4.79 Å². The zero-order valence-electron chi connectivity index (χ0n) is 13.3. The molecule has 22 heavy (non-hydrogen) atoms. The van der Waals surface area contributed by atoms with Crippen molar-refractivity contribution in [1.29, 1.82) is 0 Å². The predicted octanol–water partition coefficient (Wildman–Crippen LogP) is 3.65. The lowest BCUT2D eigenvalue weighted by Crippen LogP contribution is -2.30. The summed E-state index contributed by atoms with van der Waals surface area (Å²) in [7, 11) is 0. The second-order valence-corrected chi connectivity index (χ2v) is 5.66. The largest absolute Gasteiger partial charge is 0.349 e. The molecule has 2 aromatic carbocycles. The average molecular weight is 296 g/mol. The fourth-order valence-corrected chi connectivity index (χ4v) is 2.49. The number of amides is 1. The van der Waals surface area contributed by atoms with Gasteiger partial charge in [0.1, 0.15) is 0 Å². The van der Waals surface area contributed by atoms with E-state index >= 15 is 0 Å². The summed E-state index contributed by atoms with van der Waals surface area (Å²) in [6, 6.07) is 17.8. The lowest BCUT2D eigenvalue weighted by atomic mass is 10.0. The van der Waals surface area contributed by atoms with Crippen LogP contribution in [-0.2, 0) is 4.79 Å². The maximum absolute atomic E-state index is 12.2. The number of benzene rings is 2. The van der Waals surface area contributed by atoms with Gasteiger partial charge < -0.3 is 11.1 Å². The first-order valence-corrected chi connectivity index (χ1v) is 7.76. The van der Waals surface area contributed by atoms with E-state index in [2.05, 4.69) is 43.4 Å². The number of carbonyl (C=O) groups excluding carboxylic acids is 1. The summed E-state index contributed by atoms with van der Waals surface area (Å²) in [5.41, 5.74) is 9.45. The Bertz CT molecular complexity index is 593. The minimum atomic E-state index is -0.267. The van der Waals surface area contributed by atoms with Gasteiger partial charge in [-0.1, -0.05) is 67.1 Å². The van der Waals surface area contributed by atoms with Crippen molar-refractivity contribution in [2.75, 3.05) is 0 Å². The molecule has 1 amide bonds. The summed E-state index contributed by atoms with van der Waals surface area (Å²) >= 11 is 0. The second-order valence-electron chi connectivity index (χ2n) is 5.66. The van der Waals surface area contributed by atoms with E-state index in [4.69, 9.17) is 5.73 Å². The van der Waals surface area contributed by atoms with Gasteiger partial charge in [-0.25, -0.2) is 0 Å². The van der Waals surface area contributed by atoms with Crippen LogP contribution in [0.1, 0.15) is 48.5 Å². The molecule has 2 atom stereocenters. The standard InChI is InChI=1S/C19H24N2O/c1-3-18(16-11-9-14(2)10-12-16)21-19(22)13-17(20)15-7-5-4-6-8-15/h4-12,17-18H,3,13,20H2,1-2H3,(H,21,22). The molecule has 3 heteroatoms. The lowest BCUT2D eigenvalue weighted by Gasteiger charge is -2.19. The highest BCUT2D eigenvalue weighted by Crippen LogP contribution is 2.19. The van der Waals surface area contributed by atoms with Gasteiger partial charge in [0.2, 0.25) is 5.91 Å². The second kappa shape index (κ2) is 7.76. The van der Waals surface area contributed by atoms with Crippen LogP contribution in [0.4, 0.5) is 0 Å². The van der Waals surface area contributed by atoms with Crippen LogP contribution in [0.3, 0.4) is 0 Å². The van der Waals surface area contributed by atoms with Gasteiger partial charge in [-0.05, 0) is 24.5 Å².